The van der Waals surface area contributed by atoms with Gasteiger partial charge in [-0.1, -0.05) is 18.2 Å². The second kappa shape index (κ2) is 6.04. The van der Waals surface area contributed by atoms with Crippen molar-refractivity contribution >= 4 is 17.4 Å². The monoisotopic (exact) mass is 281 g/mol. The Kier molecular flexibility index (Phi) is 4.39. The largest absolute Gasteiger partial charge is 0.398 e. The number of para-hydroxylation sites is 1. The molecule has 0 radical (unpaired) electrons. The lowest BCUT2D eigenvalue weighted by Crippen LogP contribution is -2.04. The molecule has 0 amide bonds. The molecule has 2 aromatic rings. The van der Waals surface area contributed by atoms with Crippen LogP contribution in [0.4, 0.5) is 14.5 Å². The molecule has 0 heterocycles. The highest BCUT2D eigenvalue weighted by Crippen LogP contribution is 2.28. The highest BCUT2D eigenvalue weighted by molar-refractivity contribution is 7.99. The van der Waals surface area contributed by atoms with Gasteiger partial charge < -0.3 is 10.8 Å². The van der Waals surface area contributed by atoms with Crippen LogP contribution < -0.4 is 5.73 Å². The summed E-state index contributed by atoms with van der Waals surface area (Å²) in [5.74, 6) is -1.45. The van der Waals surface area contributed by atoms with E-state index in [4.69, 9.17) is 5.73 Å². The molecule has 0 aromatic heterocycles. The van der Waals surface area contributed by atoms with Crippen molar-refractivity contribution in [3.8, 4) is 0 Å². The van der Waals surface area contributed by atoms with Gasteiger partial charge in [0.05, 0.1) is 6.10 Å². The molecular weight excluding hydrogens is 268 g/mol. The number of anilines is 1. The van der Waals surface area contributed by atoms with Crippen LogP contribution in [0, 0.1) is 11.6 Å². The van der Waals surface area contributed by atoms with E-state index in [1.807, 2.05) is 0 Å². The Morgan fingerprint density at radius 2 is 1.84 bits per heavy atom. The van der Waals surface area contributed by atoms with Gasteiger partial charge in [-0.05, 0) is 24.3 Å². The first-order valence-electron chi connectivity index (χ1n) is 5.68. The van der Waals surface area contributed by atoms with Crippen LogP contribution in [0.1, 0.15) is 11.7 Å². The van der Waals surface area contributed by atoms with Crippen LogP contribution in [0.2, 0.25) is 0 Å². The molecule has 0 fully saturated rings. The van der Waals surface area contributed by atoms with Crippen molar-refractivity contribution in [1.29, 1.82) is 0 Å². The molecule has 19 heavy (non-hydrogen) atoms. The van der Waals surface area contributed by atoms with E-state index in [-0.39, 0.29) is 0 Å². The van der Waals surface area contributed by atoms with Gasteiger partial charge in [-0.15, -0.1) is 11.8 Å². The van der Waals surface area contributed by atoms with E-state index in [9.17, 15) is 13.9 Å². The Bertz CT molecular complexity index is 577. The zero-order valence-corrected chi connectivity index (χ0v) is 10.8. The zero-order valence-electron chi connectivity index (χ0n) is 10.0. The van der Waals surface area contributed by atoms with Gasteiger partial charge >= 0.3 is 0 Å². The molecule has 0 aliphatic rings. The van der Waals surface area contributed by atoms with Crippen molar-refractivity contribution in [2.24, 2.45) is 0 Å². The summed E-state index contributed by atoms with van der Waals surface area (Å²) in [7, 11) is 0. The molecule has 100 valence electrons. The van der Waals surface area contributed by atoms with Gasteiger partial charge in [0.25, 0.3) is 0 Å². The average molecular weight is 281 g/mol. The summed E-state index contributed by atoms with van der Waals surface area (Å²) in [6, 6.07) is 10.7. The third-order valence-corrected chi connectivity index (χ3v) is 3.72. The van der Waals surface area contributed by atoms with E-state index in [0.29, 0.717) is 21.9 Å². The lowest BCUT2D eigenvalue weighted by atomic mass is 10.1. The van der Waals surface area contributed by atoms with Crippen molar-refractivity contribution < 1.29 is 13.9 Å². The smallest absolute Gasteiger partial charge is 0.159 e. The Labute approximate surface area is 114 Å². The van der Waals surface area contributed by atoms with Crippen LogP contribution in [-0.4, -0.2) is 10.9 Å². The molecule has 2 aromatic carbocycles. The highest BCUT2D eigenvalue weighted by Gasteiger charge is 2.11. The van der Waals surface area contributed by atoms with E-state index < -0.39 is 17.7 Å². The van der Waals surface area contributed by atoms with Crippen molar-refractivity contribution in [3.05, 3.63) is 59.7 Å². The maximum atomic E-state index is 13.0. The number of hydrogen-bond acceptors (Lipinski definition) is 3. The number of benzene rings is 2. The van der Waals surface area contributed by atoms with E-state index in [1.165, 1.54) is 17.8 Å². The number of nitrogen functional groups attached to an aromatic ring is 1. The minimum atomic E-state index is -0.890. The molecule has 1 unspecified atom stereocenters. The minimum Gasteiger partial charge on any atom is -0.398 e. The highest BCUT2D eigenvalue weighted by atomic mass is 32.2. The van der Waals surface area contributed by atoms with Gasteiger partial charge in [0.1, 0.15) is 0 Å². The molecule has 1 atom stereocenters. The first-order valence-corrected chi connectivity index (χ1v) is 6.67. The second-order valence-electron chi connectivity index (χ2n) is 4.03. The number of rotatable bonds is 4. The van der Waals surface area contributed by atoms with Gasteiger partial charge in [0, 0.05) is 21.9 Å². The van der Waals surface area contributed by atoms with Crippen molar-refractivity contribution in [3.63, 3.8) is 0 Å². The van der Waals surface area contributed by atoms with Gasteiger partial charge in [-0.3, -0.25) is 0 Å². The fraction of sp³-hybridized carbons (Fsp3) is 0.143. The van der Waals surface area contributed by atoms with Crippen LogP contribution in [-0.2, 0) is 0 Å². The SMILES string of the molecule is Nc1ccccc1C(O)CSc1ccc(F)c(F)c1. The fourth-order valence-corrected chi connectivity index (χ4v) is 2.53. The second-order valence-corrected chi connectivity index (χ2v) is 5.13. The third-order valence-electron chi connectivity index (χ3n) is 2.65. The predicted molar refractivity (Wildman–Crippen MR) is 72.9 cm³/mol. The van der Waals surface area contributed by atoms with Crippen molar-refractivity contribution in [2.75, 3.05) is 11.5 Å². The van der Waals surface area contributed by atoms with Crippen LogP contribution >= 0.6 is 11.8 Å². The maximum Gasteiger partial charge on any atom is 0.159 e. The van der Waals surface area contributed by atoms with Gasteiger partial charge in [0.2, 0.25) is 0 Å². The first kappa shape index (κ1) is 13.8. The fourth-order valence-electron chi connectivity index (χ4n) is 1.65. The molecule has 0 bridgehead atoms. The summed E-state index contributed by atoms with van der Waals surface area (Å²) < 4.78 is 25.8. The molecule has 5 heteroatoms. The average Bonchev–Trinajstić information content (AvgIpc) is 2.40. The molecule has 2 rings (SSSR count). The summed E-state index contributed by atoms with van der Waals surface area (Å²) in [6.07, 6.45) is -0.751. The van der Waals surface area contributed by atoms with Gasteiger partial charge in [-0.25, -0.2) is 8.78 Å². The Hall–Kier alpha value is -1.59. The van der Waals surface area contributed by atoms with E-state index in [2.05, 4.69) is 0 Å². The minimum absolute atomic E-state index is 0.319. The summed E-state index contributed by atoms with van der Waals surface area (Å²) in [5, 5.41) is 10.0. The van der Waals surface area contributed by atoms with Gasteiger partial charge in [-0.2, -0.15) is 0 Å². The lowest BCUT2D eigenvalue weighted by Gasteiger charge is -2.13. The number of nitrogens with two attached hydrogens (primary N) is 1. The summed E-state index contributed by atoms with van der Waals surface area (Å²) in [4.78, 5) is 0.562. The molecule has 3 N–H and O–H groups in total. The predicted octanol–water partition coefficient (Wildman–Crippen LogP) is 3.37. The summed E-state index contributed by atoms with van der Waals surface area (Å²) in [5.41, 5.74) is 6.91. The quantitative estimate of drug-likeness (QED) is 0.667. The maximum absolute atomic E-state index is 13.0. The number of aliphatic hydroxyl groups excluding tert-OH is 1. The normalized spacial score (nSPS) is 12.4. The van der Waals surface area contributed by atoms with Crippen molar-refractivity contribution in [2.45, 2.75) is 11.0 Å². The third kappa shape index (κ3) is 3.45. The Morgan fingerprint density at radius 1 is 1.11 bits per heavy atom. The van der Waals surface area contributed by atoms with Crippen LogP contribution in [0.15, 0.2) is 47.4 Å². The van der Waals surface area contributed by atoms with Crippen molar-refractivity contribution in [1.82, 2.24) is 0 Å². The number of aliphatic hydroxyl groups is 1. The molecule has 0 aliphatic carbocycles. The topological polar surface area (TPSA) is 46.2 Å². The number of hydrogen-bond donors (Lipinski definition) is 2. The van der Waals surface area contributed by atoms with E-state index in [1.54, 1.807) is 24.3 Å². The Balaban J connectivity index is 2.02. The molecule has 0 spiro atoms. The molecule has 0 saturated carbocycles. The van der Waals surface area contributed by atoms with Gasteiger partial charge in [0.15, 0.2) is 11.6 Å². The lowest BCUT2D eigenvalue weighted by molar-refractivity contribution is 0.205. The molecule has 0 aliphatic heterocycles. The molecule has 2 nitrogen and oxygen atoms in total. The Morgan fingerprint density at radius 3 is 2.53 bits per heavy atom. The van der Waals surface area contributed by atoms with Crippen LogP contribution in [0.25, 0.3) is 0 Å². The summed E-state index contributed by atoms with van der Waals surface area (Å²) >= 11 is 1.24. The van der Waals surface area contributed by atoms with E-state index in [0.717, 1.165) is 12.1 Å². The summed E-state index contributed by atoms with van der Waals surface area (Å²) in [6.45, 7) is 0. The molecular formula is C14H13F2NOS. The first-order chi connectivity index (χ1) is 9.08. The number of thioether (sulfide) groups is 1. The van der Waals surface area contributed by atoms with Crippen LogP contribution in [0.3, 0.4) is 0 Å². The van der Waals surface area contributed by atoms with E-state index >= 15 is 0 Å². The molecule has 0 saturated heterocycles. The van der Waals surface area contributed by atoms with Crippen LogP contribution in [0.5, 0.6) is 0 Å². The number of halogens is 2. The zero-order chi connectivity index (χ0) is 13.8. The standard InChI is InChI=1S/C14H13F2NOS/c15-11-6-5-9(7-12(11)16)19-8-14(18)10-3-1-2-4-13(10)17/h1-7,14,18H,8,17H2.